The fraction of sp³-hybridized carbons (Fsp3) is 0.467. The third kappa shape index (κ3) is 1.98. The first-order valence-corrected chi connectivity index (χ1v) is 6.51. The molecule has 1 fully saturated rings. The third-order valence-corrected chi connectivity index (χ3v) is 3.72. The topological polar surface area (TPSA) is 25.2 Å². The van der Waals surface area contributed by atoms with E-state index >= 15 is 0 Å². The van der Waals surface area contributed by atoms with E-state index in [4.69, 9.17) is 4.42 Å². The quantitative estimate of drug-likeness (QED) is 0.865. The summed E-state index contributed by atoms with van der Waals surface area (Å²) < 4.78 is 5.96. The molecule has 1 N–H and O–H groups in total. The van der Waals surface area contributed by atoms with Crippen LogP contribution in [0.3, 0.4) is 0 Å². The van der Waals surface area contributed by atoms with Crippen LogP contribution in [0, 0.1) is 5.92 Å². The Balaban J connectivity index is 2.00. The highest BCUT2D eigenvalue weighted by atomic mass is 16.3. The molecule has 3 rings (SSSR count). The van der Waals surface area contributed by atoms with Crippen molar-refractivity contribution in [2.45, 2.75) is 32.2 Å². The van der Waals surface area contributed by atoms with Gasteiger partial charge in [0.25, 0.3) is 0 Å². The Labute approximate surface area is 102 Å². The highest BCUT2D eigenvalue weighted by Crippen LogP contribution is 2.42. The Morgan fingerprint density at radius 2 is 2.18 bits per heavy atom. The molecule has 90 valence electrons. The van der Waals surface area contributed by atoms with E-state index in [1.54, 1.807) is 0 Å². The van der Waals surface area contributed by atoms with Gasteiger partial charge in [-0.05, 0) is 56.0 Å². The van der Waals surface area contributed by atoms with E-state index in [9.17, 15) is 0 Å². The van der Waals surface area contributed by atoms with E-state index in [0.717, 1.165) is 23.7 Å². The lowest BCUT2D eigenvalue weighted by Gasteiger charge is -2.11. The number of hydrogen-bond acceptors (Lipinski definition) is 2. The van der Waals surface area contributed by atoms with Gasteiger partial charge in [-0.1, -0.05) is 13.0 Å². The highest BCUT2D eigenvalue weighted by molar-refractivity contribution is 5.78. The Hall–Kier alpha value is -1.28. The Bertz CT molecular complexity index is 525. The average Bonchev–Trinajstić information content (AvgIpc) is 3.09. The number of rotatable bonds is 4. The van der Waals surface area contributed by atoms with Gasteiger partial charge >= 0.3 is 0 Å². The molecule has 0 aliphatic heterocycles. The molecule has 1 saturated carbocycles. The van der Waals surface area contributed by atoms with Gasteiger partial charge in [-0.15, -0.1) is 0 Å². The summed E-state index contributed by atoms with van der Waals surface area (Å²) in [6, 6.07) is 9.08. The van der Waals surface area contributed by atoms with Crippen LogP contribution in [0.15, 0.2) is 28.7 Å². The molecule has 2 heteroatoms. The van der Waals surface area contributed by atoms with E-state index in [2.05, 4.69) is 36.5 Å². The fourth-order valence-corrected chi connectivity index (χ4v) is 2.53. The van der Waals surface area contributed by atoms with Crippen LogP contribution in [0.1, 0.15) is 37.1 Å². The van der Waals surface area contributed by atoms with E-state index in [1.807, 2.05) is 7.05 Å². The van der Waals surface area contributed by atoms with E-state index < -0.39 is 0 Å². The molecular formula is C15H19NO. The van der Waals surface area contributed by atoms with Crippen molar-refractivity contribution in [3.05, 3.63) is 35.6 Å². The summed E-state index contributed by atoms with van der Waals surface area (Å²) in [7, 11) is 2.02. The molecule has 1 aliphatic carbocycles. The largest absolute Gasteiger partial charge is 0.459 e. The zero-order valence-electron chi connectivity index (χ0n) is 10.5. The Kier molecular flexibility index (Phi) is 2.67. The lowest BCUT2D eigenvalue weighted by Crippen LogP contribution is -2.17. The van der Waals surface area contributed by atoms with Crippen LogP contribution in [0.25, 0.3) is 11.0 Å². The van der Waals surface area contributed by atoms with Crippen LogP contribution in [0.2, 0.25) is 0 Å². The molecule has 0 saturated heterocycles. The number of fused-ring (bicyclic) bond motifs is 1. The number of benzene rings is 1. The number of aryl methyl sites for hydroxylation is 1. The van der Waals surface area contributed by atoms with Gasteiger partial charge in [0.1, 0.15) is 11.3 Å². The van der Waals surface area contributed by atoms with E-state index in [-0.39, 0.29) is 0 Å². The van der Waals surface area contributed by atoms with Gasteiger partial charge in [-0.2, -0.15) is 0 Å². The van der Waals surface area contributed by atoms with Crippen LogP contribution < -0.4 is 5.32 Å². The predicted octanol–water partition coefficient (Wildman–Crippen LogP) is 3.67. The minimum atomic E-state index is 0.396. The molecule has 0 amide bonds. The summed E-state index contributed by atoms with van der Waals surface area (Å²) in [5, 5.41) is 4.61. The molecule has 0 radical (unpaired) electrons. The first-order valence-electron chi connectivity index (χ1n) is 6.51. The first kappa shape index (κ1) is 10.8. The van der Waals surface area contributed by atoms with Crippen LogP contribution in [0.4, 0.5) is 0 Å². The van der Waals surface area contributed by atoms with Crippen LogP contribution in [-0.4, -0.2) is 7.05 Å². The molecule has 1 heterocycles. The van der Waals surface area contributed by atoms with Crippen molar-refractivity contribution in [3.63, 3.8) is 0 Å². The van der Waals surface area contributed by atoms with Crippen molar-refractivity contribution in [1.29, 1.82) is 0 Å². The summed E-state index contributed by atoms with van der Waals surface area (Å²) in [5.41, 5.74) is 2.38. The second kappa shape index (κ2) is 4.19. The summed E-state index contributed by atoms with van der Waals surface area (Å²) >= 11 is 0. The normalized spacial score (nSPS) is 17.5. The second-order valence-electron chi connectivity index (χ2n) is 4.98. The molecule has 0 spiro atoms. The summed E-state index contributed by atoms with van der Waals surface area (Å²) in [5.74, 6) is 1.87. The fourth-order valence-electron chi connectivity index (χ4n) is 2.53. The average molecular weight is 229 g/mol. The van der Waals surface area contributed by atoms with Crippen molar-refractivity contribution < 1.29 is 4.42 Å². The van der Waals surface area contributed by atoms with Gasteiger partial charge in [0.05, 0.1) is 6.04 Å². The zero-order valence-corrected chi connectivity index (χ0v) is 10.5. The van der Waals surface area contributed by atoms with Gasteiger partial charge in [0, 0.05) is 5.39 Å². The molecule has 1 unspecified atom stereocenters. The molecule has 1 aromatic carbocycles. The SMILES string of the molecule is CCc1ccc2oc(C(NC)C3CC3)cc2c1. The molecular weight excluding hydrogens is 210 g/mol. The standard InChI is InChI=1S/C15H19NO/c1-3-10-4-7-13-12(8-10)9-14(17-13)15(16-2)11-5-6-11/h4,7-9,11,15-16H,3,5-6H2,1-2H3. The van der Waals surface area contributed by atoms with Crippen molar-refractivity contribution >= 4 is 11.0 Å². The summed E-state index contributed by atoms with van der Waals surface area (Å²) in [6.07, 6.45) is 3.72. The lowest BCUT2D eigenvalue weighted by molar-refractivity contribution is 0.419. The molecule has 2 nitrogen and oxygen atoms in total. The summed E-state index contributed by atoms with van der Waals surface area (Å²) in [4.78, 5) is 0. The molecule has 17 heavy (non-hydrogen) atoms. The van der Waals surface area contributed by atoms with E-state index in [1.165, 1.54) is 23.8 Å². The lowest BCUT2D eigenvalue weighted by atomic mass is 10.1. The van der Waals surface area contributed by atoms with Crippen molar-refractivity contribution in [2.24, 2.45) is 5.92 Å². The maximum atomic E-state index is 5.96. The van der Waals surface area contributed by atoms with Gasteiger partial charge in [-0.3, -0.25) is 0 Å². The number of nitrogens with one attached hydrogen (secondary N) is 1. The first-order chi connectivity index (χ1) is 8.31. The smallest absolute Gasteiger partial charge is 0.134 e. The Morgan fingerprint density at radius 3 is 2.82 bits per heavy atom. The molecule has 0 bridgehead atoms. The Morgan fingerprint density at radius 1 is 1.35 bits per heavy atom. The minimum absolute atomic E-state index is 0.396. The van der Waals surface area contributed by atoms with E-state index in [0.29, 0.717) is 6.04 Å². The predicted molar refractivity (Wildman–Crippen MR) is 70.1 cm³/mol. The second-order valence-corrected chi connectivity index (χ2v) is 4.98. The van der Waals surface area contributed by atoms with Crippen molar-refractivity contribution in [2.75, 3.05) is 7.05 Å². The molecule has 1 atom stereocenters. The monoisotopic (exact) mass is 229 g/mol. The maximum absolute atomic E-state index is 5.96. The maximum Gasteiger partial charge on any atom is 0.134 e. The molecule has 1 aliphatic rings. The van der Waals surface area contributed by atoms with Gasteiger partial charge in [-0.25, -0.2) is 0 Å². The summed E-state index contributed by atoms with van der Waals surface area (Å²) in [6.45, 7) is 2.18. The van der Waals surface area contributed by atoms with Crippen LogP contribution >= 0.6 is 0 Å². The van der Waals surface area contributed by atoms with Crippen molar-refractivity contribution in [1.82, 2.24) is 5.32 Å². The van der Waals surface area contributed by atoms with Gasteiger partial charge in [0.15, 0.2) is 0 Å². The zero-order chi connectivity index (χ0) is 11.8. The number of hydrogen-bond donors (Lipinski definition) is 1. The van der Waals surface area contributed by atoms with Crippen LogP contribution in [-0.2, 0) is 6.42 Å². The van der Waals surface area contributed by atoms with Gasteiger partial charge in [0.2, 0.25) is 0 Å². The van der Waals surface area contributed by atoms with Gasteiger partial charge < -0.3 is 9.73 Å². The minimum Gasteiger partial charge on any atom is -0.459 e. The molecule has 1 aromatic heterocycles. The molecule has 2 aromatic rings. The van der Waals surface area contributed by atoms with Crippen molar-refractivity contribution in [3.8, 4) is 0 Å². The highest BCUT2D eigenvalue weighted by Gasteiger charge is 2.33. The third-order valence-electron chi connectivity index (χ3n) is 3.72. The number of furan rings is 1. The van der Waals surface area contributed by atoms with Crippen LogP contribution in [0.5, 0.6) is 0 Å².